The number of para-hydroxylation sites is 1. The number of alkyl halides is 2. The van der Waals surface area contributed by atoms with Crippen LogP contribution in [0.25, 0.3) is 11.0 Å². The van der Waals surface area contributed by atoms with Gasteiger partial charge in [0.05, 0.1) is 5.54 Å². The van der Waals surface area contributed by atoms with Crippen molar-refractivity contribution in [2.45, 2.75) is 18.9 Å². The number of benzene rings is 1. The lowest BCUT2D eigenvalue weighted by molar-refractivity contribution is 0.0887. The Morgan fingerprint density at radius 1 is 1.32 bits per heavy atom. The van der Waals surface area contributed by atoms with Gasteiger partial charge in [-0.2, -0.15) is 0 Å². The molecule has 5 heteroatoms. The van der Waals surface area contributed by atoms with Crippen LogP contribution < -0.4 is 5.32 Å². The lowest BCUT2D eigenvalue weighted by Crippen LogP contribution is -2.51. The van der Waals surface area contributed by atoms with Gasteiger partial charge in [0.2, 0.25) is 0 Å². The molecule has 0 atom stereocenters. The zero-order valence-corrected chi connectivity index (χ0v) is 12.1. The van der Waals surface area contributed by atoms with E-state index < -0.39 is 5.54 Å². The van der Waals surface area contributed by atoms with E-state index in [1.165, 1.54) is 0 Å². The van der Waals surface area contributed by atoms with Crippen LogP contribution in [0.1, 0.15) is 23.9 Å². The number of amides is 1. The van der Waals surface area contributed by atoms with E-state index in [0.29, 0.717) is 12.0 Å². The van der Waals surface area contributed by atoms with Gasteiger partial charge in [-0.1, -0.05) is 25.1 Å². The maximum absolute atomic E-state index is 12.2. The Morgan fingerprint density at radius 3 is 2.58 bits per heavy atom. The number of fused-ring (bicyclic) bond motifs is 1. The number of rotatable bonds is 5. The van der Waals surface area contributed by atoms with Gasteiger partial charge in [-0.05, 0) is 18.6 Å². The second-order valence-electron chi connectivity index (χ2n) is 4.50. The Morgan fingerprint density at radius 2 is 2.00 bits per heavy atom. The monoisotopic (exact) mass is 299 g/mol. The third-order valence-electron chi connectivity index (χ3n) is 3.22. The molecular weight excluding hydrogens is 285 g/mol. The standard InChI is InChI=1S/C14H15Cl2NO2/c1-2-14(8-15,9-16)17-13(18)12-7-10-5-3-4-6-11(10)19-12/h3-7H,2,8-9H2,1H3,(H,17,18). The predicted octanol–water partition coefficient (Wildman–Crippen LogP) is 3.79. The Hall–Kier alpha value is -1.19. The molecule has 0 aliphatic rings. The Balaban J connectivity index is 2.24. The fourth-order valence-electron chi connectivity index (χ4n) is 1.78. The maximum atomic E-state index is 12.2. The van der Waals surface area contributed by atoms with Crippen LogP contribution in [0.3, 0.4) is 0 Å². The molecule has 0 radical (unpaired) electrons. The highest BCUT2D eigenvalue weighted by Gasteiger charge is 2.29. The van der Waals surface area contributed by atoms with E-state index in [9.17, 15) is 4.79 Å². The third-order valence-corrected chi connectivity index (χ3v) is 4.24. The molecule has 1 amide bonds. The quantitative estimate of drug-likeness (QED) is 0.854. The predicted molar refractivity (Wildman–Crippen MR) is 78.1 cm³/mol. The molecule has 1 N–H and O–H groups in total. The molecule has 19 heavy (non-hydrogen) atoms. The molecule has 3 nitrogen and oxygen atoms in total. The van der Waals surface area contributed by atoms with Crippen LogP contribution in [-0.2, 0) is 0 Å². The van der Waals surface area contributed by atoms with Crippen molar-refractivity contribution in [2.24, 2.45) is 0 Å². The van der Waals surface area contributed by atoms with Gasteiger partial charge in [0.15, 0.2) is 5.76 Å². The fourth-order valence-corrected chi connectivity index (χ4v) is 2.57. The molecule has 2 rings (SSSR count). The lowest BCUT2D eigenvalue weighted by Gasteiger charge is -2.28. The number of hydrogen-bond donors (Lipinski definition) is 1. The summed E-state index contributed by atoms with van der Waals surface area (Å²) in [6, 6.07) is 9.19. The van der Waals surface area contributed by atoms with E-state index in [4.69, 9.17) is 27.6 Å². The molecule has 1 aromatic carbocycles. The van der Waals surface area contributed by atoms with E-state index >= 15 is 0 Å². The minimum Gasteiger partial charge on any atom is -0.451 e. The van der Waals surface area contributed by atoms with Crippen molar-refractivity contribution in [1.82, 2.24) is 5.32 Å². The van der Waals surface area contributed by atoms with Crippen LogP contribution in [0.15, 0.2) is 34.7 Å². The van der Waals surface area contributed by atoms with Crippen LogP contribution >= 0.6 is 23.2 Å². The first kappa shape index (κ1) is 14.2. The highest BCUT2D eigenvalue weighted by atomic mass is 35.5. The van der Waals surface area contributed by atoms with Gasteiger partial charge in [-0.25, -0.2) is 0 Å². The molecule has 0 saturated carbocycles. The van der Waals surface area contributed by atoms with Crippen molar-refractivity contribution in [3.05, 3.63) is 36.1 Å². The summed E-state index contributed by atoms with van der Waals surface area (Å²) in [5.41, 5.74) is 0.0885. The normalized spacial score (nSPS) is 11.7. The molecule has 0 aliphatic heterocycles. The minimum atomic E-state index is -0.598. The smallest absolute Gasteiger partial charge is 0.287 e. The van der Waals surface area contributed by atoms with Gasteiger partial charge in [0.25, 0.3) is 5.91 Å². The number of furan rings is 1. The van der Waals surface area contributed by atoms with Crippen molar-refractivity contribution in [2.75, 3.05) is 11.8 Å². The zero-order chi connectivity index (χ0) is 13.9. The van der Waals surface area contributed by atoms with Gasteiger partial charge >= 0.3 is 0 Å². The van der Waals surface area contributed by atoms with Crippen molar-refractivity contribution < 1.29 is 9.21 Å². The van der Waals surface area contributed by atoms with Crippen molar-refractivity contribution in [3.63, 3.8) is 0 Å². The highest BCUT2D eigenvalue weighted by molar-refractivity contribution is 6.22. The first-order valence-corrected chi connectivity index (χ1v) is 7.14. The summed E-state index contributed by atoms with van der Waals surface area (Å²) < 4.78 is 5.51. The summed E-state index contributed by atoms with van der Waals surface area (Å²) in [4.78, 5) is 12.2. The first-order valence-electron chi connectivity index (χ1n) is 6.07. The SMILES string of the molecule is CCC(CCl)(CCl)NC(=O)c1cc2ccccc2o1. The van der Waals surface area contributed by atoms with Crippen LogP contribution in [0.4, 0.5) is 0 Å². The van der Waals surface area contributed by atoms with Crippen LogP contribution in [0.5, 0.6) is 0 Å². The molecule has 2 aromatic rings. The van der Waals surface area contributed by atoms with E-state index in [0.717, 1.165) is 5.39 Å². The van der Waals surface area contributed by atoms with Gasteiger partial charge in [0, 0.05) is 17.1 Å². The number of halogens is 2. The van der Waals surface area contributed by atoms with Crippen molar-refractivity contribution >= 4 is 40.1 Å². The van der Waals surface area contributed by atoms with Crippen LogP contribution in [0.2, 0.25) is 0 Å². The second-order valence-corrected chi connectivity index (χ2v) is 5.04. The first-order chi connectivity index (χ1) is 9.14. The minimum absolute atomic E-state index is 0.263. The summed E-state index contributed by atoms with van der Waals surface area (Å²) in [5.74, 6) is 0.506. The molecule has 0 spiro atoms. The topological polar surface area (TPSA) is 42.2 Å². The maximum Gasteiger partial charge on any atom is 0.287 e. The van der Waals surface area contributed by atoms with E-state index in [1.54, 1.807) is 6.07 Å². The fraction of sp³-hybridized carbons (Fsp3) is 0.357. The summed E-state index contributed by atoms with van der Waals surface area (Å²) >= 11 is 11.8. The number of nitrogens with one attached hydrogen (secondary N) is 1. The summed E-state index contributed by atoms with van der Waals surface area (Å²) in [6.07, 6.45) is 0.659. The molecule has 0 aliphatic carbocycles. The Kier molecular flexibility index (Phi) is 4.38. The molecule has 1 aromatic heterocycles. The van der Waals surface area contributed by atoms with Gasteiger partial charge in [-0.15, -0.1) is 23.2 Å². The second kappa shape index (κ2) is 5.85. The summed E-state index contributed by atoms with van der Waals surface area (Å²) in [5, 5.41) is 3.76. The Bertz CT molecular complexity index is 534. The highest BCUT2D eigenvalue weighted by Crippen LogP contribution is 2.21. The van der Waals surface area contributed by atoms with E-state index in [1.807, 2.05) is 31.2 Å². The average molecular weight is 300 g/mol. The molecular formula is C14H15Cl2NO2. The average Bonchev–Trinajstić information content (AvgIpc) is 2.89. The molecule has 0 saturated heterocycles. The number of carbonyl (C=O) groups is 1. The third kappa shape index (κ3) is 2.88. The number of carbonyl (C=O) groups excluding carboxylic acids is 1. The molecule has 0 unspecified atom stereocenters. The lowest BCUT2D eigenvalue weighted by atomic mass is 10.0. The van der Waals surface area contributed by atoms with E-state index in [-0.39, 0.29) is 23.4 Å². The van der Waals surface area contributed by atoms with Gasteiger partial charge < -0.3 is 9.73 Å². The van der Waals surface area contributed by atoms with Gasteiger partial charge in [0.1, 0.15) is 5.58 Å². The Labute approximate surface area is 121 Å². The molecule has 102 valence electrons. The van der Waals surface area contributed by atoms with Crippen LogP contribution in [0, 0.1) is 0 Å². The van der Waals surface area contributed by atoms with E-state index in [2.05, 4.69) is 5.32 Å². The summed E-state index contributed by atoms with van der Waals surface area (Å²) in [7, 11) is 0. The van der Waals surface area contributed by atoms with Crippen LogP contribution in [-0.4, -0.2) is 23.2 Å². The van der Waals surface area contributed by atoms with Crippen molar-refractivity contribution in [1.29, 1.82) is 0 Å². The van der Waals surface area contributed by atoms with Gasteiger partial charge in [-0.3, -0.25) is 4.79 Å². The molecule has 0 bridgehead atoms. The molecule has 0 fully saturated rings. The largest absolute Gasteiger partial charge is 0.451 e. The number of hydrogen-bond acceptors (Lipinski definition) is 2. The summed E-state index contributed by atoms with van der Waals surface area (Å²) in [6.45, 7) is 1.93. The zero-order valence-electron chi connectivity index (χ0n) is 10.6. The van der Waals surface area contributed by atoms with Crippen molar-refractivity contribution in [3.8, 4) is 0 Å². The molecule has 1 heterocycles.